The fourth-order valence-corrected chi connectivity index (χ4v) is 2.19. The quantitative estimate of drug-likeness (QED) is 0.551. The van der Waals surface area contributed by atoms with Gasteiger partial charge in [0.05, 0.1) is 0 Å². The molecule has 0 amide bonds. The van der Waals surface area contributed by atoms with Crippen molar-refractivity contribution in [2.75, 3.05) is 5.33 Å². The smallest absolute Gasteiger partial charge is 0.124 e. The van der Waals surface area contributed by atoms with Crippen LogP contribution in [0.5, 0.6) is 0 Å². The summed E-state index contributed by atoms with van der Waals surface area (Å²) in [4.78, 5) is 0. The van der Waals surface area contributed by atoms with Crippen LogP contribution in [0.4, 0.5) is 4.39 Å². The number of alkyl halides is 1. The Morgan fingerprint density at radius 3 is 2.67 bits per heavy atom. The van der Waals surface area contributed by atoms with Crippen molar-refractivity contribution in [2.24, 2.45) is 5.41 Å². The van der Waals surface area contributed by atoms with Gasteiger partial charge in [-0.2, -0.15) is 0 Å². The molecular formula is C12H13Br2F. The number of hydrogen-bond donors (Lipinski definition) is 0. The minimum absolute atomic E-state index is 0.000347. The molecule has 3 heteroatoms. The molecule has 0 nitrogen and oxygen atoms in total. The molecule has 0 aliphatic carbocycles. The fourth-order valence-electron chi connectivity index (χ4n) is 1.27. The van der Waals surface area contributed by atoms with E-state index in [1.807, 2.05) is 12.1 Å². The third kappa shape index (κ3) is 3.42. The second kappa shape index (κ2) is 5.26. The molecule has 0 aliphatic rings. The Labute approximate surface area is 107 Å². The summed E-state index contributed by atoms with van der Waals surface area (Å²) in [5.41, 5.74) is 1.10. The van der Waals surface area contributed by atoms with E-state index in [0.29, 0.717) is 0 Å². The Balaban J connectivity index is 2.94. The molecular weight excluding hydrogens is 323 g/mol. The van der Waals surface area contributed by atoms with Gasteiger partial charge in [0.2, 0.25) is 0 Å². The average molecular weight is 336 g/mol. The maximum atomic E-state index is 12.9. The number of benzene rings is 1. The van der Waals surface area contributed by atoms with E-state index in [4.69, 9.17) is 0 Å². The highest BCUT2D eigenvalue weighted by Crippen LogP contribution is 2.30. The monoisotopic (exact) mass is 334 g/mol. The van der Waals surface area contributed by atoms with Crippen LogP contribution in [0.3, 0.4) is 0 Å². The lowest BCUT2D eigenvalue weighted by Crippen LogP contribution is -2.18. The maximum absolute atomic E-state index is 12.9. The van der Waals surface area contributed by atoms with Gasteiger partial charge in [-0.1, -0.05) is 50.9 Å². The number of rotatable bonds is 4. The van der Waals surface area contributed by atoms with Crippen molar-refractivity contribution < 1.29 is 4.39 Å². The molecule has 1 atom stereocenters. The zero-order valence-corrected chi connectivity index (χ0v) is 11.7. The fraction of sp³-hybridized carbons (Fsp3) is 0.333. The highest BCUT2D eigenvalue weighted by Gasteiger charge is 2.20. The molecule has 0 radical (unpaired) electrons. The lowest BCUT2D eigenvalue weighted by atomic mass is 9.86. The Hall–Kier alpha value is -0.150. The summed E-state index contributed by atoms with van der Waals surface area (Å²) in [6, 6.07) is 4.79. The van der Waals surface area contributed by atoms with E-state index < -0.39 is 0 Å². The molecule has 1 aromatic rings. The van der Waals surface area contributed by atoms with Crippen LogP contribution in [-0.4, -0.2) is 5.33 Å². The molecule has 0 spiro atoms. The largest absolute Gasteiger partial charge is 0.207 e. The van der Waals surface area contributed by atoms with Crippen LogP contribution >= 0.6 is 31.9 Å². The molecule has 0 aliphatic heterocycles. The average Bonchev–Trinajstić information content (AvgIpc) is 2.22. The van der Waals surface area contributed by atoms with Crippen LogP contribution in [0.25, 0.3) is 0 Å². The molecule has 0 saturated carbocycles. The van der Waals surface area contributed by atoms with Gasteiger partial charge in [0, 0.05) is 9.80 Å². The maximum Gasteiger partial charge on any atom is 0.124 e. The standard InChI is InChI=1S/C12H13Br2F/c1-3-12(2,8-13)7-9-4-5-10(15)6-11(9)14/h3-6H,1,7-8H2,2H3. The van der Waals surface area contributed by atoms with E-state index >= 15 is 0 Å². The number of allylic oxidation sites excluding steroid dienone is 1. The van der Waals surface area contributed by atoms with Crippen LogP contribution < -0.4 is 0 Å². The topological polar surface area (TPSA) is 0 Å². The SMILES string of the molecule is C=CC(C)(CBr)Cc1ccc(F)cc1Br. The predicted octanol–water partition coefficient (Wildman–Crippen LogP) is 4.72. The first kappa shape index (κ1) is 12.9. The van der Waals surface area contributed by atoms with Crippen molar-refractivity contribution in [3.8, 4) is 0 Å². The molecule has 0 saturated heterocycles. The van der Waals surface area contributed by atoms with Gasteiger partial charge in [0.15, 0.2) is 0 Å². The normalized spacial score (nSPS) is 14.7. The van der Waals surface area contributed by atoms with E-state index in [1.165, 1.54) is 12.1 Å². The zero-order chi connectivity index (χ0) is 11.5. The Kier molecular flexibility index (Phi) is 4.53. The van der Waals surface area contributed by atoms with Crippen molar-refractivity contribution >= 4 is 31.9 Å². The van der Waals surface area contributed by atoms with Gasteiger partial charge < -0.3 is 0 Å². The summed E-state index contributed by atoms with van der Waals surface area (Å²) >= 11 is 6.84. The minimum atomic E-state index is -0.218. The van der Waals surface area contributed by atoms with Crippen LogP contribution in [-0.2, 0) is 6.42 Å². The summed E-state index contributed by atoms with van der Waals surface area (Å²) < 4.78 is 13.7. The second-order valence-electron chi connectivity index (χ2n) is 3.90. The molecule has 1 aromatic carbocycles. The summed E-state index contributed by atoms with van der Waals surface area (Å²) in [5, 5.41) is 0.841. The summed E-state index contributed by atoms with van der Waals surface area (Å²) in [6.07, 6.45) is 2.76. The lowest BCUT2D eigenvalue weighted by molar-refractivity contribution is 0.492. The van der Waals surface area contributed by atoms with Crippen LogP contribution in [0.1, 0.15) is 12.5 Å². The van der Waals surface area contributed by atoms with Gasteiger partial charge in [-0.25, -0.2) is 4.39 Å². The second-order valence-corrected chi connectivity index (χ2v) is 5.32. The zero-order valence-electron chi connectivity index (χ0n) is 8.56. The first-order valence-electron chi connectivity index (χ1n) is 4.64. The summed E-state index contributed by atoms with van der Waals surface area (Å²) in [6.45, 7) is 5.94. The summed E-state index contributed by atoms with van der Waals surface area (Å²) in [5.74, 6) is -0.218. The molecule has 0 fully saturated rings. The van der Waals surface area contributed by atoms with Gasteiger partial charge in [-0.3, -0.25) is 0 Å². The Morgan fingerprint density at radius 2 is 2.20 bits per heavy atom. The summed E-state index contributed by atoms with van der Waals surface area (Å²) in [7, 11) is 0. The first-order valence-corrected chi connectivity index (χ1v) is 6.56. The molecule has 0 aromatic heterocycles. The first-order chi connectivity index (χ1) is 7.00. The number of halogens is 3. The minimum Gasteiger partial charge on any atom is -0.207 e. The van der Waals surface area contributed by atoms with Gasteiger partial charge in [-0.15, -0.1) is 6.58 Å². The van der Waals surface area contributed by atoms with E-state index in [-0.39, 0.29) is 11.2 Å². The van der Waals surface area contributed by atoms with Crippen molar-refractivity contribution in [3.05, 3.63) is 46.7 Å². The van der Waals surface area contributed by atoms with E-state index in [0.717, 1.165) is 21.8 Å². The molecule has 82 valence electrons. The molecule has 0 N–H and O–H groups in total. The van der Waals surface area contributed by atoms with E-state index in [9.17, 15) is 4.39 Å². The van der Waals surface area contributed by atoms with Crippen LogP contribution in [0.2, 0.25) is 0 Å². The van der Waals surface area contributed by atoms with E-state index in [1.54, 1.807) is 0 Å². The predicted molar refractivity (Wildman–Crippen MR) is 69.9 cm³/mol. The Bertz CT molecular complexity index is 363. The van der Waals surface area contributed by atoms with Crippen LogP contribution in [0.15, 0.2) is 35.3 Å². The Morgan fingerprint density at radius 1 is 1.53 bits per heavy atom. The van der Waals surface area contributed by atoms with Crippen molar-refractivity contribution in [1.29, 1.82) is 0 Å². The molecule has 15 heavy (non-hydrogen) atoms. The molecule has 1 rings (SSSR count). The van der Waals surface area contributed by atoms with Crippen molar-refractivity contribution in [2.45, 2.75) is 13.3 Å². The highest BCUT2D eigenvalue weighted by molar-refractivity contribution is 9.10. The van der Waals surface area contributed by atoms with Crippen molar-refractivity contribution in [3.63, 3.8) is 0 Å². The molecule has 0 bridgehead atoms. The molecule has 0 heterocycles. The lowest BCUT2D eigenvalue weighted by Gasteiger charge is -2.23. The van der Waals surface area contributed by atoms with Crippen LogP contribution in [0, 0.1) is 11.2 Å². The van der Waals surface area contributed by atoms with E-state index in [2.05, 4.69) is 45.4 Å². The molecule has 1 unspecified atom stereocenters. The third-order valence-corrected chi connectivity index (χ3v) is 4.43. The van der Waals surface area contributed by atoms with Gasteiger partial charge in [0.1, 0.15) is 5.82 Å². The van der Waals surface area contributed by atoms with Gasteiger partial charge in [0.25, 0.3) is 0 Å². The third-order valence-electron chi connectivity index (χ3n) is 2.41. The van der Waals surface area contributed by atoms with Gasteiger partial charge in [-0.05, 0) is 29.5 Å². The van der Waals surface area contributed by atoms with Gasteiger partial charge >= 0.3 is 0 Å². The van der Waals surface area contributed by atoms with Crippen molar-refractivity contribution in [1.82, 2.24) is 0 Å². The number of hydrogen-bond acceptors (Lipinski definition) is 0. The highest BCUT2D eigenvalue weighted by atomic mass is 79.9.